The second-order valence-corrected chi connectivity index (χ2v) is 9.06. The molecule has 202 valence electrons. The number of hydrogen-bond donors (Lipinski definition) is 8. The van der Waals surface area contributed by atoms with E-state index in [0.29, 0.717) is 50.9 Å². The summed E-state index contributed by atoms with van der Waals surface area (Å²) in [4.78, 5) is 60.6. The molecule has 3 amide bonds. The lowest BCUT2D eigenvalue weighted by atomic mass is 10.0. The molecule has 0 saturated heterocycles. The number of carboxylic acids is 2. The molecular weight excluding hydrogens is 480 g/mol. The Morgan fingerprint density at radius 1 is 0.743 bits per heavy atom. The maximum Gasteiger partial charge on any atom is 0.326 e. The number of nitrogens with two attached hydrogens (primary N) is 3. The van der Waals surface area contributed by atoms with Crippen molar-refractivity contribution in [1.29, 1.82) is 0 Å². The van der Waals surface area contributed by atoms with Gasteiger partial charge in [0.1, 0.15) is 18.1 Å². The van der Waals surface area contributed by atoms with Crippen molar-refractivity contribution in [3.8, 4) is 0 Å². The molecule has 0 bridgehead atoms. The Bertz CT molecular complexity index is 697. The van der Waals surface area contributed by atoms with Crippen LogP contribution >= 0.6 is 11.8 Å². The Labute approximate surface area is 209 Å². The first-order chi connectivity index (χ1) is 16.6. The molecule has 14 heteroatoms. The number of carbonyl (C=O) groups is 5. The summed E-state index contributed by atoms with van der Waals surface area (Å²) in [6.07, 6.45) is 4.06. The van der Waals surface area contributed by atoms with Crippen LogP contribution in [0, 0.1) is 0 Å². The molecule has 0 aliphatic rings. The van der Waals surface area contributed by atoms with Crippen molar-refractivity contribution in [3.05, 3.63) is 0 Å². The number of nitrogens with one attached hydrogen (secondary N) is 3. The minimum absolute atomic E-state index is 0.144. The monoisotopic (exact) mass is 520 g/mol. The largest absolute Gasteiger partial charge is 0.481 e. The normalized spacial score (nSPS) is 14.3. The second kappa shape index (κ2) is 18.9. The Morgan fingerprint density at radius 3 is 1.60 bits per heavy atom. The number of unbranched alkanes of at least 4 members (excludes halogenated alkanes) is 2. The molecule has 35 heavy (non-hydrogen) atoms. The van der Waals surface area contributed by atoms with E-state index in [1.54, 1.807) is 0 Å². The van der Waals surface area contributed by atoms with E-state index in [1.807, 2.05) is 6.26 Å². The van der Waals surface area contributed by atoms with Crippen molar-refractivity contribution in [2.75, 3.05) is 25.1 Å². The molecule has 0 aromatic carbocycles. The van der Waals surface area contributed by atoms with Crippen molar-refractivity contribution >= 4 is 41.4 Å². The number of thioether (sulfide) groups is 1. The van der Waals surface area contributed by atoms with Crippen LogP contribution in [-0.4, -0.2) is 89.1 Å². The Hall–Kier alpha value is -2.42. The highest BCUT2D eigenvalue weighted by molar-refractivity contribution is 7.98. The van der Waals surface area contributed by atoms with E-state index >= 15 is 0 Å². The van der Waals surface area contributed by atoms with E-state index < -0.39 is 60.2 Å². The molecule has 4 atom stereocenters. The van der Waals surface area contributed by atoms with E-state index in [0.717, 1.165) is 0 Å². The van der Waals surface area contributed by atoms with Gasteiger partial charge in [-0.15, -0.1) is 0 Å². The average molecular weight is 521 g/mol. The van der Waals surface area contributed by atoms with E-state index in [1.165, 1.54) is 11.8 Å². The fourth-order valence-electron chi connectivity index (χ4n) is 3.10. The first-order valence-corrected chi connectivity index (χ1v) is 13.0. The number of hydrogen-bond acceptors (Lipinski definition) is 9. The summed E-state index contributed by atoms with van der Waals surface area (Å²) in [6.45, 7) is 0.755. The van der Waals surface area contributed by atoms with Crippen LogP contribution in [0.15, 0.2) is 0 Å². The molecule has 0 heterocycles. The third-order valence-electron chi connectivity index (χ3n) is 5.12. The van der Waals surface area contributed by atoms with Crippen LogP contribution in [0.25, 0.3) is 0 Å². The fourth-order valence-corrected chi connectivity index (χ4v) is 3.59. The SMILES string of the molecule is CSCCC(N)C(=O)NC(CCCCN)C(=O)NC(CCCCN)C(=O)NC(CC(=O)O)C(=O)O. The van der Waals surface area contributed by atoms with Gasteiger partial charge in [0.25, 0.3) is 0 Å². The van der Waals surface area contributed by atoms with Gasteiger partial charge in [0.2, 0.25) is 17.7 Å². The van der Waals surface area contributed by atoms with Gasteiger partial charge in [-0.3, -0.25) is 19.2 Å². The van der Waals surface area contributed by atoms with Gasteiger partial charge in [-0.1, -0.05) is 0 Å². The Kier molecular flexibility index (Phi) is 17.5. The van der Waals surface area contributed by atoms with Crippen molar-refractivity contribution in [2.24, 2.45) is 17.2 Å². The molecule has 0 aliphatic carbocycles. The zero-order valence-corrected chi connectivity index (χ0v) is 21.0. The zero-order valence-electron chi connectivity index (χ0n) is 20.2. The van der Waals surface area contributed by atoms with Crippen LogP contribution in [0.1, 0.15) is 51.4 Å². The number of carboxylic acid groups (broad SMARTS) is 2. The Balaban J connectivity index is 5.49. The Morgan fingerprint density at radius 2 is 1.20 bits per heavy atom. The smallest absolute Gasteiger partial charge is 0.326 e. The molecule has 0 spiro atoms. The van der Waals surface area contributed by atoms with E-state index in [4.69, 9.17) is 22.3 Å². The van der Waals surface area contributed by atoms with Gasteiger partial charge in [0.15, 0.2) is 0 Å². The van der Waals surface area contributed by atoms with Gasteiger partial charge in [-0.05, 0) is 70.0 Å². The first kappa shape index (κ1) is 32.6. The quantitative estimate of drug-likeness (QED) is 0.0844. The van der Waals surface area contributed by atoms with Gasteiger partial charge in [-0.25, -0.2) is 4.79 Å². The number of aliphatic carboxylic acids is 2. The molecule has 0 aromatic heterocycles. The third-order valence-corrected chi connectivity index (χ3v) is 5.77. The molecule has 13 nitrogen and oxygen atoms in total. The standard InChI is InChI=1S/C21H40N6O7S/c1-35-11-8-13(24)18(30)25-14(6-2-4-9-22)19(31)26-15(7-3-5-10-23)20(32)27-16(21(33)34)12-17(28)29/h13-16H,2-12,22-24H2,1H3,(H,25,30)(H,26,31)(H,27,32)(H,28,29)(H,33,34). The molecular formula is C21H40N6O7S. The van der Waals surface area contributed by atoms with E-state index in [-0.39, 0.29) is 12.8 Å². The summed E-state index contributed by atoms with van der Waals surface area (Å²) in [5, 5.41) is 25.5. The van der Waals surface area contributed by atoms with Gasteiger partial charge >= 0.3 is 11.9 Å². The maximum absolute atomic E-state index is 13.0. The molecule has 4 unspecified atom stereocenters. The maximum atomic E-state index is 13.0. The summed E-state index contributed by atoms with van der Waals surface area (Å²) in [5.41, 5.74) is 16.9. The van der Waals surface area contributed by atoms with E-state index in [9.17, 15) is 29.1 Å². The molecule has 0 aromatic rings. The minimum Gasteiger partial charge on any atom is -0.481 e. The van der Waals surface area contributed by atoms with Crippen molar-refractivity contribution in [2.45, 2.75) is 75.5 Å². The number of carbonyl (C=O) groups excluding carboxylic acids is 3. The van der Waals surface area contributed by atoms with Crippen LogP contribution in [0.2, 0.25) is 0 Å². The highest BCUT2D eigenvalue weighted by atomic mass is 32.2. The fraction of sp³-hybridized carbons (Fsp3) is 0.762. The summed E-state index contributed by atoms with van der Waals surface area (Å²) in [7, 11) is 0. The highest BCUT2D eigenvalue weighted by Gasteiger charge is 2.30. The first-order valence-electron chi connectivity index (χ1n) is 11.6. The molecule has 0 rings (SSSR count). The molecule has 0 aliphatic heterocycles. The van der Waals surface area contributed by atoms with Crippen LogP contribution in [0.4, 0.5) is 0 Å². The molecule has 0 radical (unpaired) electrons. The lowest BCUT2D eigenvalue weighted by Gasteiger charge is -2.25. The van der Waals surface area contributed by atoms with Crippen LogP contribution in [0.3, 0.4) is 0 Å². The van der Waals surface area contributed by atoms with Gasteiger partial charge in [0.05, 0.1) is 12.5 Å². The predicted molar refractivity (Wildman–Crippen MR) is 132 cm³/mol. The third kappa shape index (κ3) is 14.5. The lowest BCUT2D eigenvalue weighted by Crippen LogP contribution is -2.57. The highest BCUT2D eigenvalue weighted by Crippen LogP contribution is 2.07. The minimum atomic E-state index is -1.66. The van der Waals surface area contributed by atoms with Crippen LogP contribution in [-0.2, 0) is 24.0 Å². The van der Waals surface area contributed by atoms with Crippen molar-refractivity contribution in [3.63, 3.8) is 0 Å². The van der Waals surface area contributed by atoms with Gasteiger partial charge < -0.3 is 43.4 Å². The summed E-state index contributed by atoms with van der Waals surface area (Å²) >= 11 is 1.54. The second-order valence-electron chi connectivity index (χ2n) is 8.08. The van der Waals surface area contributed by atoms with Gasteiger partial charge in [-0.2, -0.15) is 11.8 Å². The number of rotatable bonds is 20. The topological polar surface area (TPSA) is 240 Å². The lowest BCUT2D eigenvalue weighted by molar-refractivity contribution is -0.147. The summed E-state index contributed by atoms with van der Waals surface area (Å²) in [6, 6.07) is -4.59. The molecule has 0 saturated carbocycles. The van der Waals surface area contributed by atoms with Crippen molar-refractivity contribution < 1.29 is 34.2 Å². The average Bonchev–Trinajstić information content (AvgIpc) is 2.80. The van der Waals surface area contributed by atoms with Gasteiger partial charge in [0, 0.05) is 0 Å². The molecule has 11 N–H and O–H groups in total. The zero-order chi connectivity index (χ0) is 26.8. The van der Waals surface area contributed by atoms with Crippen LogP contribution < -0.4 is 33.2 Å². The van der Waals surface area contributed by atoms with Crippen LogP contribution in [0.5, 0.6) is 0 Å². The predicted octanol–water partition coefficient (Wildman–Crippen LogP) is -1.66. The molecule has 0 fully saturated rings. The summed E-state index contributed by atoms with van der Waals surface area (Å²) in [5.74, 6) is -4.22. The number of amides is 3. The van der Waals surface area contributed by atoms with E-state index in [2.05, 4.69) is 16.0 Å². The van der Waals surface area contributed by atoms with Crippen molar-refractivity contribution in [1.82, 2.24) is 16.0 Å². The summed E-state index contributed by atoms with van der Waals surface area (Å²) < 4.78 is 0.